The van der Waals surface area contributed by atoms with Gasteiger partial charge < -0.3 is 15.2 Å². The summed E-state index contributed by atoms with van der Waals surface area (Å²) in [5, 5.41) is 0. The van der Waals surface area contributed by atoms with E-state index in [1.54, 1.807) is 6.07 Å². The monoisotopic (exact) mass is 425 g/mol. The van der Waals surface area contributed by atoms with Gasteiger partial charge in [-0.1, -0.05) is 6.07 Å². The normalized spacial score (nSPS) is 21.5. The predicted molar refractivity (Wildman–Crippen MR) is 99.7 cm³/mol. The van der Waals surface area contributed by atoms with Crippen LogP contribution in [0.2, 0.25) is 0 Å². The highest BCUT2D eigenvalue weighted by Gasteiger charge is 2.50. The van der Waals surface area contributed by atoms with E-state index in [4.69, 9.17) is 10.5 Å². The molecule has 3 rings (SSSR count). The largest absolute Gasteiger partial charge is 0.495 e. The van der Waals surface area contributed by atoms with Crippen LogP contribution in [0, 0.1) is 5.82 Å². The minimum atomic E-state index is -4.69. The van der Waals surface area contributed by atoms with Crippen LogP contribution in [0.15, 0.2) is 41.5 Å². The third-order valence-electron chi connectivity index (χ3n) is 4.80. The van der Waals surface area contributed by atoms with Gasteiger partial charge in [-0.3, -0.25) is 4.79 Å². The van der Waals surface area contributed by atoms with Gasteiger partial charge in [0.15, 0.2) is 11.9 Å². The zero-order valence-electron chi connectivity index (χ0n) is 16.2. The molecule has 0 bridgehead atoms. The molecule has 0 aliphatic carbocycles. The lowest BCUT2D eigenvalue weighted by atomic mass is 9.84. The summed E-state index contributed by atoms with van der Waals surface area (Å²) in [6.45, 7) is 1.34. The summed E-state index contributed by atoms with van der Waals surface area (Å²) in [6, 6.07) is 6.20. The molecular formula is C20H19F4N3O3. The first kappa shape index (κ1) is 21.5. The minimum Gasteiger partial charge on any atom is -0.495 e. The van der Waals surface area contributed by atoms with Crippen molar-refractivity contribution >= 4 is 11.8 Å². The van der Waals surface area contributed by atoms with Gasteiger partial charge in [0.2, 0.25) is 0 Å². The van der Waals surface area contributed by atoms with Crippen LogP contribution in [0.3, 0.4) is 0 Å². The fraction of sp³-hybridized carbons (Fsp3) is 0.350. The second kappa shape index (κ2) is 7.92. The van der Waals surface area contributed by atoms with E-state index in [0.717, 1.165) is 6.07 Å². The molecule has 0 saturated heterocycles. The van der Waals surface area contributed by atoms with Crippen molar-refractivity contribution in [2.45, 2.75) is 37.6 Å². The average molecular weight is 425 g/mol. The Labute approximate surface area is 169 Å². The van der Waals surface area contributed by atoms with Gasteiger partial charge >= 0.3 is 6.18 Å². The number of amidine groups is 1. The molecule has 30 heavy (non-hydrogen) atoms. The van der Waals surface area contributed by atoms with Crippen LogP contribution in [-0.4, -0.2) is 36.2 Å². The Morgan fingerprint density at radius 1 is 1.33 bits per heavy atom. The van der Waals surface area contributed by atoms with Crippen molar-refractivity contribution < 1.29 is 31.8 Å². The highest BCUT2D eigenvalue weighted by Crippen LogP contribution is 2.41. The third-order valence-corrected chi connectivity index (χ3v) is 4.80. The molecule has 1 aromatic carbocycles. The summed E-state index contributed by atoms with van der Waals surface area (Å²) in [5.41, 5.74) is 4.31. The Morgan fingerprint density at radius 3 is 2.67 bits per heavy atom. The first-order chi connectivity index (χ1) is 14.0. The molecule has 2 atom stereocenters. The van der Waals surface area contributed by atoms with Gasteiger partial charge in [-0.05, 0) is 36.8 Å². The molecule has 2 heterocycles. The third kappa shape index (κ3) is 4.52. The Kier molecular flexibility index (Phi) is 5.69. The number of ketones is 1. The molecule has 1 aliphatic rings. The highest BCUT2D eigenvalue weighted by atomic mass is 19.4. The smallest absolute Gasteiger partial charge is 0.425 e. The van der Waals surface area contributed by atoms with Crippen LogP contribution < -0.4 is 10.5 Å². The molecule has 0 unspecified atom stereocenters. The van der Waals surface area contributed by atoms with E-state index in [9.17, 15) is 22.4 Å². The van der Waals surface area contributed by atoms with Gasteiger partial charge in [-0.15, -0.1) is 0 Å². The minimum absolute atomic E-state index is 0.101. The number of carbonyl (C=O) groups excluding carboxylic acids is 1. The molecule has 0 radical (unpaired) electrons. The number of aliphatic imine (C=N–C) groups is 1. The molecule has 6 nitrogen and oxygen atoms in total. The average Bonchev–Trinajstić information content (AvgIpc) is 2.68. The molecule has 0 spiro atoms. The Bertz CT molecular complexity index is 976. The van der Waals surface area contributed by atoms with E-state index in [1.807, 2.05) is 0 Å². The molecule has 0 fully saturated rings. The lowest BCUT2D eigenvalue weighted by Crippen LogP contribution is -2.46. The van der Waals surface area contributed by atoms with Crippen molar-refractivity contribution in [3.8, 4) is 5.75 Å². The molecule has 2 aromatic rings. The molecule has 1 aromatic heterocycles. The predicted octanol–water partition coefficient (Wildman–Crippen LogP) is 3.54. The van der Waals surface area contributed by atoms with E-state index in [-0.39, 0.29) is 23.5 Å². The number of rotatable bonds is 5. The second-order valence-corrected chi connectivity index (χ2v) is 7.07. The van der Waals surface area contributed by atoms with Crippen molar-refractivity contribution in [2.75, 3.05) is 7.11 Å². The lowest BCUT2D eigenvalue weighted by Gasteiger charge is -2.36. The summed E-state index contributed by atoms with van der Waals surface area (Å²) >= 11 is 0. The number of ether oxygens (including phenoxy) is 2. The maximum Gasteiger partial charge on any atom is 0.425 e. The second-order valence-electron chi connectivity index (χ2n) is 7.07. The lowest BCUT2D eigenvalue weighted by molar-refractivity contribution is -0.208. The van der Waals surface area contributed by atoms with Crippen LogP contribution in [-0.2, 0) is 16.7 Å². The Balaban J connectivity index is 1.89. The van der Waals surface area contributed by atoms with Crippen LogP contribution in [0.4, 0.5) is 17.6 Å². The fourth-order valence-electron chi connectivity index (χ4n) is 3.25. The van der Waals surface area contributed by atoms with Crippen molar-refractivity contribution in [3.63, 3.8) is 0 Å². The highest BCUT2D eigenvalue weighted by molar-refractivity contribution is 5.95. The summed E-state index contributed by atoms with van der Waals surface area (Å²) in [5.74, 6) is -0.614. The zero-order chi connectivity index (χ0) is 22.1. The summed E-state index contributed by atoms with van der Waals surface area (Å²) in [7, 11) is 1.47. The number of pyridine rings is 1. The number of hydrogen-bond acceptors (Lipinski definition) is 6. The Hall–Kier alpha value is -3.17. The number of carbonyl (C=O) groups is 1. The molecule has 160 valence electrons. The van der Waals surface area contributed by atoms with E-state index in [0.29, 0.717) is 11.3 Å². The van der Waals surface area contributed by atoms with Gasteiger partial charge in [-0.25, -0.2) is 14.4 Å². The van der Waals surface area contributed by atoms with Gasteiger partial charge in [0.1, 0.15) is 17.3 Å². The Morgan fingerprint density at radius 2 is 2.07 bits per heavy atom. The first-order valence-electron chi connectivity index (χ1n) is 8.92. The number of hydrogen-bond donors (Lipinski definition) is 1. The van der Waals surface area contributed by atoms with Crippen molar-refractivity contribution in [2.24, 2.45) is 10.7 Å². The number of Topliss-reactive ketones (excluding diaryl/α,β-unsaturated/α-hetero) is 1. The SMILES string of the molecule is COc1ccc(C(=O)Cc2ccc(F)c([C@]3(C)C[C@@H](C(F)(F)F)OC(N)=N3)c2)nc1. The fourth-order valence-corrected chi connectivity index (χ4v) is 3.25. The number of benzene rings is 1. The number of methoxy groups -OCH3 is 1. The summed E-state index contributed by atoms with van der Waals surface area (Å²) in [4.78, 5) is 20.4. The molecule has 0 saturated carbocycles. The summed E-state index contributed by atoms with van der Waals surface area (Å²) in [6.07, 6.45) is -6.28. The number of nitrogens with zero attached hydrogens (tertiary/aromatic N) is 2. The number of nitrogens with two attached hydrogens (primary N) is 1. The van der Waals surface area contributed by atoms with Crippen molar-refractivity contribution in [1.29, 1.82) is 0 Å². The van der Waals surface area contributed by atoms with Gasteiger partial charge in [0.05, 0.1) is 18.8 Å². The molecule has 1 aliphatic heterocycles. The number of alkyl halides is 3. The first-order valence-corrected chi connectivity index (χ1v) is 8.92. The summed E-state index contributed by atoms with van der Waals surface area (Å²) < 4.78 is 63.7. The van der Waals surface area contributed by atoms with Crippen molar-refractivity contribution in [3.05, 3.63) is 59.2 Å². The maximum absolute atomic E-state index is 14.6. The topological polar surface area (TPSA) is 86.8 Å². The van der Waals surface area contributed by atoms with E-state index >= 15 is 0 Å². The van der Waals surface area contributed by atoms with Crippen molar-refractivity contribution in [1.82, 2.24) is 4.98 Å². The van der Waals surface area contributed by atoms with E-state index < -0.39 is 36.1 Å². The zero-order valence-corrected chi connectivity index (χ0v) is 16.2. The van der Waals surface area contributed by atoms with Gasteiger partial charge in [-0.2, -0.15) is 13.2 Å². The molecule has 10 heteroatoms. The van der Waals surface area contributed by atoms with Crippen LogP contribution in [0.25, 0.3) is 0 Å². The standard InChI is InChI=1S/C20H19F4N3O3/c1-19(9-17(20(22,23)24)30-18(25)27-19)13-7-11(3-5-14(13)21)8-16(28)15-6-4-12(29-2)10-26-15/h3-7,10,17H,8-9H2,1-2H3,(H2,25,27)/t17-,19-/m0/s1. The molecular weight excluding hydrogens is 406 g/mol. The van der Waals surface area contributed by atoms with E-state index in [1.165, 1.54) is 38.4 Å². The van der Waals surface area contributed by atoms with Crippen LogP contribution in [0.5, 0.6) is 5.75 Å². The molecule has 0 amide bonds. The van der Waals surface area contributed by atoms with Gasteiger partial charge in [0, 0.05) is 18.4 Å². The number of aromatic nitrogens is 1. The van der Waals surface area contributed by atoms with Gasteiger partial charge in [0.25, 0.3) is 6.02 Å². The maximum atomic E-state index is 14.6. The van der Waals surface area contributed by atoms with E-state index in [2.05, 4.69) is 14.7 Å². The quantitative estimate of drug-likeness (QED) is 0.585. The van der Waals surface area contributed by atoms with Crippen LogP contribution in [0.1, 0.15) is 35.0 Å². The number of halogens is 4. The van der Waals surface area contributed by atoms with Crippen LogP contribution >= 0.6 is 0 Å². The molecule has 2 N–H and O–H groups in total.